The SMILES string of the molecule is CC(C)(N)c1ccc(C2CC2)c(Br)c1. The quantitative estimate of drug-likeness (QED) is 0.858. The molecule has 0 radical (unpaired) electrons. The molecule has 1 aromatic rings. The maximum absolute atomic E-state index is 6.05. The van der Waals surface area contributed by atoms with Crippen LogP contribution in [0, 0.1) is 0 Å². The maximum atomic E-state index is 6.05. The topological polar surface area (TPSA) is 26.0 Å². The van der Waals surface area contributed by atoms with E-state index in [0.717, 1.165) is 5.92 Å². The molecule has 2 rings (SSSR count). The van der Waals surface area contributed by atoms with Crippen molar-refractivity contribution < 1.29 is 0 Å². The molecule has 0 spiro atoms. The van der Waals surface area contributed by atoms with Crippen molar-refractivity contribution in [1.82, 2.24) is 0 Å². The molecule has 14 heavy (non-hydrogen) atoms. The lowest BCUT2D eigenvalue weighted by Gasteiger charge is -2.20. The molecule has 0 aromatic heterocycles. The Morgan fingerprint density at radius 2 is 2.00 bits per heavy atom. The summed E-state index contributed by atoms with van der Waals surface area (Å²) in [6, 6.07) is 6.53. The Kier molecular flexibility index (Phi) is 2.44. The number of rotatable bonds is 2. The van der Waals surface area contributed by atoms with Gasteiger partial charge in [0.25, 0.3) is 0 Å². The van der Waals surface area contributed by atoms with E-state index in [1.807, 2.05) is 13.8 Å². The Hall–Kier alpha value is -0.340. The normalized spacial score (nSPS) is 17.1. The van der Waals surface area contributed by atoms with Crippen molar-refractivity contribution in [2.24, 2.45) is 5.73 Å². The number of benzene rings is 1. The van der Waals surface area contributed by atoms with Gasteiger partial charge in [0.2, 0.25) is 0 Å². The second kappa shape index (κ2) is 3.35. The third-order valence-corrected chi connectivity index (χ3v) is 3.45. The first-order valence-electron chi connectivity index (χ1n) is 5.07. The first-order valence-corrected chi connectivity index (χ1v) is 5.86. The van der Waals surface area contributed by atoms with Crippen LogP contribution in [0.1, 0.15) is 43.7 Å². The van der Waals surface area contributed by atoms with Crippen LogP contribution in [-0.4, -0.2) is 0 Å². The summed E-state index contributed by atoms with van der Waals surface area (Å²) < 4.78 is 1.22. The van der Waals surface area contributed by atoms with E-state index in [0.29, 0.717) is 0 Å². The molecule has 0 bridgehead atoms. The van der Waals surface area contributed by atoms with Crippen LogP contribution in [0.5, 0.6) is 0 Å². The van der Waals surface area contributed by atoms with Crippen molar-refractivity contribution in [3.63, 3.8) is 0 Å². The summed E-state index contributed by atoms with van der Waals surface area (Å²) in [4.78, 5) is 0. The van der Waals surface area contributed by atoms with Crippen LogP contribution in [0.15, 0.2) is 22.7 Å². The molecule has 1 saturated carbocycles. The molecule has 0 saturated heterocycles. The van der Waals surface area contributed by atoms with Crippen LogP contribution in [0.4, 0.5) is 0 Å². The molecule has 0 aliphatic heterocycles. The van der Waals surface area contributed by atoms with Crippen molar-refractivity contribution in [3.05, 3.63) is 33.8 Å². The van der Waals surface area contributed by atoms with Crippen LogP contribution in [0.3, 0.4) is 0 Å². The highest BCUT2D eigenvalue weighted by Gasteiger charge is 2.26. The highest BCUT2D eigenvalue weighted by atomic mass is 79.9. The number of hydrogen-bond acceptors (Lipinski definition) is 1. The Bertz CT molecular complexity index is 348. The molecule has 0 unspecified atom stereocenters. The second-order valence-electron chi connectivity index (χ2n) is 4.73. The van der Waals surface area contributed by atoms with Crippen LogP contribution < -0.4 is 5.73 Å². The Labute approximate surface area is 93.8 Å². The van der Waals surface area contributed by atoms with E-state index in [-0.39, 0.29) is 5.54 Å². The monoisotopic (exact) mass is 253 g/mol. The zero-order valence-electron chi connectivity index (χ0n) is 8.68. The zero-order valence-corrected chi connectivity index (χ0v) is 10.3. The third-order valence-electron chi connectivity index (χ3n) is 2.76. The number of nitrogens with two attached hydrogens (primary N) is 1. The van der Waals surface area contributed by atoms with E-state index in [1.54, 1.807) is 0 Å². The standard InChI is InChI=1S/C12H16BrN/c1-12(2,14)9-5-6-10(8-3-4-8)11(13)7-9/h5-8H,3-4,14H2,1-2H3. The van der Waals surface area contributed by atoms with E-state index < -0.39 is 0 Å². The number of halogens is 1. The predicted octanol–water partition coefficient (Wildman–Crippen LogP) is 3.52. The summed E-state index contributed by atoms with van der Waals surface area (Å²) in [5, 5.41) is 0. The van der Waals surface area contributed by atoms with Gasteiger partial charge >= 0.3 is 0 Å². The fourth-order valence-electron chi connectivity index (χ4n) is 1.65. The lowest BCUT2D eigenvalue weighted by Crippen LogP contribution is -2.28. The molecule has 1 nitrogen and oxygen atoms in total. The molecule has 1 aliphatic rings. The molecule has 0 amide bonds. The first-order chi connectivity index (χ1) is 6.48. The largest absolute Gasteiger partial charge is 0.322 e. The first kappa shape index (κ1) is 10.2. The highest BCUT2D eigenvalue weighted by Crippen LogP contribution is 2.43. The average Bonchev–Trinajstić information content (AvgIpc) is 2.85. The summed E-state index contributed by atoms with van der Waals surface area (Å²) in [5.74, 6) is 0.791. The third kappa shape index (κ3) is 2.01. The van der Waals surface area contributed by atoms with E-state index in [1.165, 1.54) is 28.4 Å². The fourth-order valence-corrected chi connectivity index (χ4v) is 2.36. The van der Waals surface area contributed by atoms with Gasteiger partial charge < -0.3 is 5.73 Å². The van der Waals surface area contributed by atoms with Crippen LogP contribution in [0.25, 0.3) is 0 Å². The van der Waals surface area contributed by atoms with Crippen LogP contribution in [-0.2, 0) is 5.54 Å². The van der Waals surface area contributed by atoms with Crippen molar-refractivity contribution in [2.75, 3.05) is 0 Å². The Morgan fingerprint density at radius 1 is 1.36 bits per heavy atom. The Balaban J connectivity index is 2.35. The van der Waals surface area contributed by atoms with Gasteiger partial charge in [0.15, 0.2) is 0 Å². The van der Waals surface area contributed by atoms with Gasteiger partial charge in [0, 0.05) is 10.0 Å². The molecule has 76 valence electrons. The van der Waals surface area contributed by atoms with Gasteiger partial charge in [-0.2, -0.15) is 0 Å². The van der Waals surface area contributed by atoms with Crippen LogP contribution in [0.2, 0.25) is 0 Å². The molecule has 0 heterocycles. The van der Waals surface area contributed by atoms with Gasteiger partial charge in [-0.05, 0) is 49.8 Å². The fraction of sp³-hybridized carbons (Fsp3) is 0.500. The van der Waals surface area contributed by atoms with Crippen molar-refractivity contribution >= 4 is 15.9 Å². The van der Waals surface area contributed by atoms with Gasteiger partial charge in [-0.3, -0.25) is 0 Å². The smallest absolute Gasteiger partial charge is 0.0352 e. The van der Waals surface area contributed by atoms with Gasteiger partial charge in [0.05, 0.1) is 0 Å². The summed E-state index contributed by atoms with van der Waals surface area (Å²) in [6.07, 6.45) is 2.67. The van der Waals surface area contributed by atoms with Crippen molar-refractivity contribution in [2.45, 2.75) is 38.1 Å². The summed E-state index contributed by atoms with van der Waals surface area (Å²) in [5.41, 5.74) is 8.43. The lowest BCUT2D eigenvalue weighted by molar-refractivity contribution is 0.554. The predicted molar refractivity (Wildman–Crippen MR) is 63.3 cm³/mol. The summed E-state index contributed by atoms with van der Waals surface area (Å²) in [7, 11) is 0. The van der Waals surface area contributed by atoms with E-state index in [9.17, 15) is 0 Å². The minimum Gasteiger partial charge on any atom is -0.322 e. The van der Waals surface area contributed by atoms with Gasteiger partial charge in [0.1, 0.15) is 0 Å². The van der Waals surface area contributed by atoms with E-state index >= 15 is 0 Å². The highest BCUT2D eigenvalue weighted by molar-refractivity contribution is 9.10. The molecule has 1 aliphatic carbocycles. The summed E-state index contributed by atoms with van der Waals surface area (Å²) >= 11 is 3.62. The van der Waals surface area contributed by atoms with Crippen LogP contribution >= 0.6 is 15.9 Å². The van der Waals surface area contributed by atoms with E-state index in [4.69, 9.17) is 5.73 Å². The Morgan fingerprint density at radius 3 is 2.43 bits per heavy atom. The van der Waals surface area contributed by atoms with Crippen molar-refractivity contribution in [1.29, 1.82) is 0 Å². The minimum atomic E-state index is -0.245. The van der Waals surface area contributed by atoms with Gasteiger partial charge in [-0.1, -0.05) is 28.1 Å². The van der Waals surface area contributed by atoms with Gasteiger partial charge in [-0.15, -0.1) is 0 Å². The average molecular weight is 254 g/mol. The molecule has 1 aromatic carbocycles. The maximum Gasteiger partial charge on any atom is 0.0352 e. The number of hydrogen-bond donors (Lipinski definition) is 1. The summed E-state index contributed by atoms with van der Waals surface area (Å²) in [6.45, 7) is 4.07. The molecule has 2 N–H and O–H groups in total. The molecule has 2 heteroatoms. The molecule has 1 fully saturated rings. The van der Waals surface area contributed by atoms with E-state index in [2.05, 4.69) is 34.1 Å². The molecular formula is C12H16BrN. The lowest BCUT2D eigenvalue weighted by atomic mass is 9.94. The molecular weight excluding hydrogens is 238 g/mol. The van der Waals surface area contributed by atoms with Crippen molar-refractivity contribution in [3.8, 4) is 0 Å². The minimum absolute atomic E-state index is 0.245. The van der Waals surface area contributed by atoms with Gasteiger partial charge in [-0.25, -0.2) is 0 Å². The zero-order chi connectivity index (χ0) is 10.3. The second-order valence-corrected chi connectivity index (χ2v) is 5.59. The molecule has 0 atom stereocenters.